The molecule has 1 aliphatic carbocycles. The molecule has 1 aromatic heterocycles. The molecule has 1 saturated carbocycles. The molecule has 0 radical (unpaired) electrons. The van der Waals surface area contributed by atoms with Gasteiger partial charge in [-0.15, -0.1) is 0 Å². The molecule has 0 saturated heterocycles. The van der Waals surface area contributed by atoms with E-state index in [0.29, 0.717) is 32.1 Å². The molecule has 0 bridgehead atoms. The first-order chi connectivity index (χ1) is 17.5. The van der Waals surface area contributed by atoms with Crippen LogP contribution in [0.3, 0.4) is 0 Å². The lowest BCUT2D eigenvalue weighted by molar-refractivity contribution is -0.137. The van der Waals surface area contributed by atoms with Gasteiger partial charge in [0.05, 0.1) is 10.9 Å². The Kier molecular flexibility index (Phi) is 7.99. The van der Waals surface area contributed by atoms with Crippen LogP contribution in [0.1, 0.15) is 56.2 Å². The minimum Gasteiger partial charge on any atom is -0.481 e. The van der Waals surface area contributed by atoms with Crippen molar-refractivity contribution in [3.05, 3.63) is 65.6 Å². The lowest BCUT2D eigenvalue weighted by atomic mass is 9.85. The summed E-state index contributed by atoms with van der Waals surface area (Å²) in [6.45, 7) is 1.85. The Balaban J connectivity index is 1.36. The molecule has 3 aromatic rings. The molecule has 8 nitrogen and oxygen atoms in total. The van der Waals surface area contributed by atoms with E-state index in [1.54, 1.807) is 30.3 Å². The topological polar surface area (TPSA) is 118 Å². The fraction of sp³-hybridized carbons (Fsp3) is 0.407. The number of carboxylic acid groups (broad SMARTS) is 1. The SMILES string of the molecule is C[C@@H](NC(=O)[C@H]1CC[C@H](NS(=O)(=O)c2ccc3c(c2)c(CCC(=O)O)cn3C)CC1)c1ccc(F)cc1. The summed E-state index contributed by atoms with van der Waals surface area (Å²) in [7, 11) is -1.95. The zero-order valence-electron chi connectivity index (χ0n) is 20.9. The number of sulfonamides is 1. The highest BCUT2D eigenvalue weighted by atomic mass is 32.2. The quantitative estimate of drug-likeness (QED) is 0.387. The smallest absolute Gasteiger partial charge is 0.303 e. The Bertz CT molecular complexity index is 1390. The Morgan fingerprint density at radius 3 is 2.43 bits per heavy atom. The standard InChI is InChI=1S/C27H32FN3O5S/c1-17(18-3-8-21(28)9-4-18)29-27(34)19-5-10-22(11-6-19)30-37(35,36)23-12-13-25-24(15-23)20(16-31(25)2)7-14-26(32)33/h3-4,8-9,12-13,15-17,19,22,30H,5-7,10-11,14H2,1-2H3,(H,29,34)(H,32,33)/t17-,19-,22-/m1/s1. The van der Waals surface area contributed by atoms with Crippen molar-refractivity contribution in [1.29, 1.82) is 0 Å². The number of halogens is 1. The summed E-state index contributed by atoms with van der Waals surface area (Å²) in [6.07, 6.45) is 4.32. The van der Waals surface area contributed by atoms with Crippen LogP contribution in [0.25, 0.3) is 10.9 Å². The molecule has 198 valence electrons. The van der Waals surface area contributed by atoms with Gasteiger partial charge in [-0.3, -0.25) is 9.59 Å². The minimum atomic E-state index is -3.79. The van der Waals surface area contributed by atoms with E-state index < -0.39 is 16.0 Å². The summed E-state index contributed by atoms with van der Waals surface area (Å²) in [4.78, 5) is 23.9. The van der Waals surface area contributed by atoms with Gasteiger partial charge in [-0.05, 0) is 80.5 Å². The fourth-order valence-electron chi connectivity index (χ4n) is 4.99. The molecule has 0 spiro atoms. The van der Waals surface area contributed by atoms with E-state index in [-0.39, 0.29) is 41.0 Å². The van der Waals surface area contributed by atoms with Crippen molar-refractivity contribution in [3.63, 3.8) is 0 Å². The average Bonchev–Trinajstić information content (AvgIpc) is 3.18. The van der Waals surface area contributed by atoms with Crippen LogP contribution in [0.2, 0.25) is 0 Å². The van der Waals surface area contributed by atoms with E-state index in [0.717, 1.165) is 22.0 Å². The summed E-state index contributed by atoms with van der Waals surface area (Å²) < 4.78 is 44.1. The molecule has 1 fully saturated rings. The van der Waals surface area contributed by atoms with Crippen LogP contribution in [-0.2, 0) is 33.1 Å². The maximum atomic E-state index is 13.2. The Labute approximate surface area is 215 Å². The number of carboxylic acids is 1. The highest BCUT2D eigenvalue weighted by molar-refractivity contribution is 7.89. The number of amides is 1. The van der Waals surface area contributed by atoms with Gasteiger partial charge in [0.25, 0.3) is 0 Å². The van der Waals surface area contributed by atoms with Crippen LogP contribution in [0.15, 0.2) is 53.6 Å². The van der Waals surface area contributed by atoms with E-state index in [4.69, 9.17) is 5.11 Å². The van der Waals surface area contributed by atoms with Gasteiger partial charge in [0.2, 0.25) is 15.9 Å². The molecule has 1 heterocycles. The lowest BCUT2D eigenvalue weighted by Crippen LogP contribution is -2.41. The fourth-order valence-corrected chi connectivity index (χ4v) is 6.32. The third kappa shape index (κ3) is 6.37. The zero-order valence-corrected chi connectivity index (χ0v) is 21.7. The number of nitrogens with zero attached hydrogens (tertiary/aromatic N) is 1. The van der Waals surface area contributed by atoms with Crippen LogP contribution >= 0.6 is 0 Å². The molecular weight excluding hydrogens is 497 g/mol. The number of aliphatic carboxylic acids is 1. The first-order valence-electron chi connectivity index (χ1n) is 12.4. The number of carbonyl (C=O) groups excluding carboxylic acids is 1. The number of nitrogens with one attached hydrogen (secondary N) is 2. The highest BCUT2D eigenvalue weighted by Crippen LogP contribution is 2.29. The van der Waals surface area contributed by atoms with Crippen molar-refractivity contribution < 1.29 is 27.5 Å². The maximum Gasteiger partial charge on any atom is 0.303 e. The van der Waals surface area contributed by atoms with Gasteiger partial charge < -0.3 is 15.0 Å². The van der Waals surface area contributed by atoms with E-state index in [1.807, 2.05) is 24.7 Å². The van der Waals surface area contributed by atoms with Crippen LogP contribution in [-0.4, -0.2) is 36.0 Å². The summed E-state index contributed by atoms with van der Waals surface area (Å²) in [5.74, 6) is -1.52. The molecule has 37 heavy (non-hydrogen) atoms. The predicted octanol–water partition coefficient (Wildman–Crippen LogP) is 4.05. The second-order valence-corrected chi connectivity index (χ2v) is 11.5. The molecule has 1 atom stereocenters. The second kappa shape index (κ2) is 11.0. The molecule has 0 aliphatic heterocycles. The maximum absolute atomic E-state index is 13.2. The zero-order chi connectivity index (χ0) is 26.7. The molecule has 4 rings (SSSR count). The van der Waals surface area contributed by atoms with Crippen molar-refractivity contribution in [2.75, 3.05) is 0 Å². The minimum absolute atomic E-state index is 0.0339. The van der Waals surface area contributed by atoms with Gasteiger partial charge in [0, 0.05) is 42.5 Å². The number of carbonyl (C=O) groups is 2. The third-order valence-electron chi connectivity index (χ3n) is 7.11. The van der Waals surface area contributed by atoms with Crippen molar-refractivity contribution in [2.24, 2.45) is 13.0 Å². The van der Waals surface area contributed by atoms with Gasteiger partial charge in [0.15, 0.2) is 0 Å². The Morgan fingerprint density at radius 1 is 1.11 bits per heavy atom. The first kappa shape index (κ1) is 26.8. The Hall–Kier alpha value is -3.24. The van der Waals surface area contributed by atoms with E-state index in [9.17, 15) is 22.4 Å². The monoisotopic (exact) mass is 529 g/mol. The summed E-state index contributed by atoms with van der Waals surface area (Å²) >= 11 is 0. The number of aryl methyl sites for hydroxylation is 2. The van der Waals surface area contributed by atoms with Crippen LogP contribution < -0.4 is 10.0 Å². The van der Waals surface area contributed by atoms with Gasteiger partial charge in [-0.1, -0.05) is 12.1 Å². The molecule has 3 N–H and O–H groups in total. The average molecular weight is 530 g/mol. The van der Waals surface area contributed by atoms with Crippen molar-refractivity contribution in [2.45, 2.75) is 62.4 Å². The number of fused-ring (bicyclic) bond motifs is 1. The van der Waals surface area contributed by atoms with Crippen molar-refractivity contribution in [3.8, 4) is 0 Å². The molecule has 0 unspecified atom stereocenters. The summed E-state index contributed by atoms with van der Waals surface area (Å²) in [5.41, 5.74) is 2.44. The van der Waals surface area contributed by atoms with Crippen molar-refractivity contribution >= 4 is 32.8 Å². The predicted molar refractivity (Wildman–Crippen MR) is 138 cm³/mol. The number of hydrogen-bond acceptors (Lipinski definition) is 4. The molecule has 1 amide bonds. The normalized spacial score (nSPS) is 19.0. The number of rotatable bonds is 9. The highest BCUT2D eigenvalue weighted by Gasteiger charge is 2.30. The van der Waals surface area contributed by atoms with Gasteiger partial charge in [0.1, 0.15) is 5.82 Å². The second-order valence-electron chi connectivity index (χ2n) is 9.79. The third-order valence-corrected chi connectivity index (χ3v) is 8.63. The molecular formula is C27H32FN3O5S. The van der Waals surface area contributed by atoms with Crippen LogP contribution in [0, 0.1) is 11.7 Å². The Morgan fingerprint density at radius 2 is 1.78 bits per heavy atom. The number of aromatic nitrogens is 1. The number of hydrogen-bond donors (Lipinski definition) is 3. The first-order valence-corrected chi connectivity index (χ1v) is 13.9. The summed E-state index contributed by atoms with van der Waals surface area (Å²) in [5, 5.41) is 12.7. The number of benzene rings is 2. The van der Waals surface area contributed by atoms with Crippen LogP contribution in [0.5, 0.6) is 0 Å². The lowest BCUT2D eigenvalue weighted by Gasteiger charge is -2.29. The largest absolute Gasteiger partial charge is 0.481 e. The molecule has 2 aromatic carbocycles. The van der Waals surface area contributed by atoms with Crippen LogP contribution in [0.4, 0.5) is 4.39 Å². The molecule has 1 aliphatic rings. The van der Waals surface area contributed by atoms with Gasteiger partial charge >= 0.3 is 5.97 Å². The van der Waals surface area contributed by atoms with E-state index >= 15 is 0 Å². The van der Waals surface area contributed by atoms with E-state index in [2.05, 4.69) is 10.0 Å². The van der Waals surface area contributed by atoms with Gasteiger partial charge in [-0.2, -0.15) is 0 Å². The summed E-state index contributed by atoms with van der Waals surface area (Å²) in [6, 6.07) is 10.4. The van der Waals surface area contributed by atoms with Crippen molar-refractivity contribution in [1.82, 2.24) is 14.6 Å². The van der Waals surface area contributed by atoms with E-state index in [1.165, 1.54) is 12.1 Å². The molecule has 10 heteroatoms. The van der Waals surface area contributed by atoms with Gasteiger partial charge in [-0.25, -0.2) is 17.5 Å².